The number of likely N-dealkylation sites (N-methyl/N-ethyl adjacent to an activating group) is 1. The van der Waals surface area contributed by atoms with Gasteiger partial charge in [-0.2, -0.15) is 0 Å². The molecule has 1 heterocycles. The molecule has 0 fully saturated rings. The first kappa shape index (κ1) is 21.2. The summed E-state index contributed by atoms with van der Waals surface area (Å²) in [4.78, 5) is 37.9. The summed E-state index contributed by atoms with van der Waals surface area (Å²) in [5.41, 5.74) is 1.48. The molecule has 0 bridgehead atoms. The summed E-state index contributed by atoms with van der Waals surface area (Å²) in [7, 11) is 1.63. The number of hydrogen-bond donors (Lipinski definition) is 1. The normalized spacial score (nSPS) is 14.7. The maximum Gasteiger partial charge on any atom is 0.310 e. The van der Waals surface area contributed by atoms with Gasteiger partial charge in [0.2, 0.25) is 0 Å². The van der Waals surface area contributed by atoms with E-state index in [4.69, 9.17) is 14.2 Å². The molecule has 0 spiro atoms. The topological polar surface area (TPSA) is 94.2 Å². The van der Waals surface area contributed by atoms with Gasteiger partial charge >= 0.3 is 5.97 Å². The maximum absolute atomic E-state index is 12.3. The Morgan fingerprint density at radius 2 is 1.87 bits per heavy atom. The Morgan fingerprint density at radius 3 is 2.60 bits per heavy atom. The number of nitrogens with zero attached hydrogens (tertiary/aromatic N) is 1. The molecule has 1 unspecified atom stereocenters. The smallest absolute Gasteiger partial charge is 0.310 e. The Kier molecular flexibility index (Phi) is 6.90. The minimum Gasteiger partial charge on any atom is -0.494 e. The molecule has 30 heavy (non-hydrogen) atoms. The van der Waals surface area contributed by atoms with Crippen LogP contribution in [0.3, 0.4) is 0 Å². The van der Waals surface area contributed by atoms with Gasteiger partial charge in [-0.25, -0.2) is 0 Å². The zero-order valence-electron chi connectivity index (χ0n) is 16.9. The van der Waals surface area contributed by atoms with Crippen molar-refractivity contribution >= 4 is 23.5 Å². The Bertz CT molecular complexity index is 912. The molecule has 0 aromatic heterocycles. The summed E-state index contributed by atoms with van der Waals surface area (Å²) in [6.45, 7) is 2.46. The second-order valence-corrected chi connectivity index (χ2v) is 6.78. The average molecular weight is 412 g/mol. The largest absolute Gasteiger partial charge is 0.494 e. The van der Waals surface area contributed by atoms with Crippen LogP contribution in [0.5, 0.6) is 11.5 Å². The number of carbonyl (C=O) groups excluding carboxylic acids is 3. The fraction of sp³-hybridized carbons (Fsp3) is 0.318. The molecule has 0 saturated heterocycles. The number of rotatable bonds is 8. The van der Waals surface area contributed by atoms with Crippen LogP contribution in [0.25, 0.3) is 0 Å². The van der Waals surface area contributed by atoms with Gasteiger partial charge in [-0.05, 0) is 36.8 Å². The van der Waals surface area contributed by atoms with Crippen LogP contribution in [0.1, 0.15) is 18.9 Å². The van der Waals surface area contributed by atoms with Crippen LogP contribution in [0.2, 0.25) is 0 Å². The summed E-state index contributed by atoms with van der Waals surface area (Å²) in [5, 5.41) is 2.68. The van der Waals surface area contributed by atoms with Gasteiger partial charge in [0.15, 0.2) is 12.7 Å². The van der Waals surface area contributed by atoms with Crippen molar-refractivity contribution in [2.45, 2.75) is 26.0 Å². The van der Waals surface area contributed by atoms with Gasteiger partial charge in [0, 0.05) is 13.6 Å². The first-order valence-corrected chi connectivity index (χ1v) is 9.64. The lowest BCUT2D eigenvalue weighted by Gasteiger charge is -2.25. The highest BCUT2D eigenvalue weighted by Crippen LogP contribution is 2.29. The van der Waals surface area contributed by atoms with Gasteiger partial charge in [0.1, 0.15) is 11.5 Å². The van der Waals surface area contributed by atoms with Gasteiger partial charge in [0.05, 0.1) is 18.7 Å². The minimum absolute atomic E-state index is 0.282. The second kappa shape index (κ2) is 9.78. The van der Waals surface area contributed by atoms with Crippen LogP contribution in [-0.2, 0) is 25.7 Å². The summed E-state index contributed by atoms with van der Waals surface area (Å²) in [6.07, 6.45) is -1.28. The highest BCUT2D eigenvalue weighted by molar-refractivity contribution is 5.99. The lowest BCUT2D eigenvalue weighted by atomic mass is 10.1. The molecule has 8 heteroatoms. The molecule has 158 valence electrons. The van der Waals surface area contributed by atoms with Crippen molar-refractivity contribution in [3.8, 4) is 11.5 Å². The molecule has 1 atom stereocenters. The molecule has 3 rings (SSSR count). The Hall–Kier alpha value is -3.55. The highest BCUT2D eigenvalue weighted by Gasteiger charge is 2.30. The van der Waals surface area contributed by atoms with Gasteiger partial charge in [-0.15, -0.1) is 0 Å². The van der Waals surface area contributed by atoms with E-state index in [0.717, 1.165) is 11.3 Å². The molecule has 0 radical (unpaired) electrons. The molecule has 2 aromatic rings. The number of ether oxygens (including phenoxy) is 3. The van der Waals surface area contributed by atoms with E-state index in [2.05, 4.69) is 5.32 Å². The minimum atomic E-state index is -0.996. The first-order valence-electron chi connectivity index (χ1n) is 9.64. The summed E-state index contributed by atoms with van der Waals surface area (Å²) in [6, 6.07) is 14.4. The third kappa shape index (κ3) is 5.50. The second-order valence-electron chi connectivity index (χ2n) is 6.78. The van der Waals surface area contributed by atoms with Crippen LogP contribution in [-0.4, -0.2) is 49.0 Å². The molecule has 2 aromatic carbocycles. The van der Waals surface area contributed by atoms with Crippen molar-refractivity contribution in [2.24, 2.45) is 0 Å². The fourth-order valence-corrected chi connectivity index (χ4v) is 2.91. The van der Waals surface area contributed by atoms with Crippen molar-refractivity contribution in [2.75, 3.05) is 25.6 Å². The number of para-hydroxylation sites is 2. The van der Waals surface area contributed by atoms with Crippen LogP contribution < -0.4 is 14.8 Å². The predicted molar refractivity (Wildman–Crippen MR) is 109 cm³/mol. The van der Waals surface area contributed by atoms with E-state index in [1.54, 1.807) is 31.3 Å². The van der Waals surface area contributed by atoms with E-state index in [1.165, 1.54) is 4.90 Å². The standard InChI is InChI=1S/C22H24N2O6/c1-3-28-16-10-8-15(9-11-16)13-24(2)20(25)14-29-21(26)12-19-22(27)23-17-6-4-5-7-18(17)30-19/h4-11,19H,3,12-14H2,1-2H3,(H,23,27). The number of carbonyl (C=O) groups is 3. The monoisotopic (exact) mass is 412 g/mol. The Morgan fingerprint density at radius 1 is 1.13 bits per heavy atom. The van der Waals surface area contributed by atoms with E-state index in [0.29, 0.717) is 24.6 Å². The molecule has 1 N–H and O–H groups in total. The van der Waals surface area contributed by atoms with Crippen LogP contribution >= 0.6 is 0 Å². The molecule has 0 aliphatic carbocycles. The number of hydrogen-bond acceptors (Lipinski definition) is 6. The number of anilines is 1. The van der Waals surface area contributed by atoms with E-state index in [9.17, 15) is 14.4 Å². The van der Waals surface area contributed by atoms with E-state index in [-0.39, 0.29) is 12.3 Å². The summed E-state index contributed by atoms with van der Waals surface area (Å²) in [5.74, 6) is -0.208. The molecule has 1 aliphatic rings. The lowest BCUT2D eigenvalue weighted by molar-refractivity contribution is -0.154. The SMILES string of the molecule is CCOc1ccc(CN(C)C(=O)COC(=O)CC2Oc3ccccc3NC2=O)cc1. The zero-order valence-corrected chi connectivity index (χ0v) is 16.9. The molecular formula is C22H24N2O6. The van der Waals surface area contributed by atoms with Gasteiger partial charge < -0.3 is 24.4 Å². The summed E-state index contributed by atoms with van der Waals surface area (Å²) < 4.78 is 16.0. The van der Waals surface area contributed by atoms with Crippen LogP contribution in [0, 0.1) is 0 Å². The number of esters is 1. The van der Waals surface area contributed by atoms with Crippen molar-refractivity contribution < 1.29 is 28.6 Å². The van der Waals surface area contributed by atoms with Gasteiger partial charge in [-0.3, -0.25) is 14.4 Å². The molecule has 2 amide bonds. The predicted octanol–water partition coefficient (Wildman–Crippen LogP) is 2.38. The average Bonchev–Trinajstić information content (AvgIpc) is 2.74. The Balaban J connectivity index is 1.45. The number of benzene rings is 2. The third-order valence-electron chi connectivity index (χ3n) is 4.50. The first-order chi connectivity index (χ1) is 14.5. The van der Waals surface area contributed by atoms with Gasteiger partial charge in [-0.1, -0.05) is 24.3 Å². The molecule has 8 nitrogen and oxygen atoms in total. The fourth-order valence-electron chi connectivity index (χ4n) is 2.91. The quantitative estimate of drug-likeness (QED) is 0.669. The number of amides is 2. The van der Waals surface area contributed by atoms with Crippen molar-refractivity contribution in [1.82, 2.24) is 4.90 Å². The number of fused-ring (bicyclic) bond motifs is 1. The van der Waals surface area contributed by atoms with E-state index >= 15 is 0 Å². The van der Waals surface area contributed by atoms with E-state index in [1.807, 2.05) is 31.2 Å². The maximum atomic E-state index is 12.3. The van der Waals surface area contributed by atoms with Crippen molar-refractivity contribution in [3.05, 3.63) is 54.1 Å². The van der Waals surface area contributed by atoms with Crippen molar-refractivity contribution in [1.29, 1.82) is 0 Å². The van der Waals surface area contributed by atoms with Crippen molar-refractivity contribution in [3.63, 3.8) is 0 Å². The zero-order chi connectivity index (χ0) is 21.5. The van der Waals surface area contributed by atoms with E-state index < -0.39 is 24.6 Å². The highest BCUT2D eigenvalue weighted by atomic mass is 16.5. The molecule has 0 saturated carbocycles. The van der Waals surface area contributed by atoms with Crippen LogP contribution in [0.15, 0.2) is 48.5 Å². The van der Waals surface area contributed by atoms with Gasteiger partial charge in [0.25, 0.3) is 11.8 Å². The molecular weight excluding hydrogens is 388 g/mol. The summed E-state index contributed by atoms with van der Waals surface area (Å²) >= 11 is 0. The number of nitrogens with one attached hydrogen (secondary N) is 1. The van der Waals surface area contributed by atoms with Crippen LogP contribution in [0.4, 0.5) is 5.69 Å². The third-order valence-corrected chi connectivity index (χ3v) is 4.50. The lowest BCUT2D eigenvalue weighted by Crippen LogP contribution is -2.39. The Labute approximate surface area is 174 Å². The molecule has 1 aliphatic heterocycles.